The molecule has 1 saturated carbocycles. The number of amides is 1. The Kier molecular flexibility index (Phi) is 4.92. The van der Waals surface area contributed by atoms with E-state index in [9.17, 15) is 23.1 Å². The van der Waals surface area contributed by atoms with Gasteiger partial charge in [-0.05, 0) is 37.3 Å². The summed E-state index contributed by atoms with van der Waals surface area (Å²) in [7, 11) is 0. The number of halogens is 3. The molecule has 118 valence electrons. The first-order chi connectivity index (χ1) is 9.85. The minimum absolute atomic E-state index is 0.00341. The zero-order chi connectivity index (χ0) is 15.5. The summed E-state index contributed by atoms with van der Waals surface area (Å²) < 4.78 is 38.1. The van der Waals surface area contributed by atoms with Gasteiger partial charge < -0.3 is 15.0 Å². The van der Waals surface area contributed by atoms with E-state index in [0.717, 1.165) is 23.8 Å². The van der Waals surface area contributed by atoms with Crippen LogP contribution in [0, 0.1) is 5.92 Å². The van der Waals surface area contributed by atoms with E-state index < -0.39 is 18.6 Å². The molecule has 0 aromatic carbocycles. The van der Waals surface area contributed by atoms with Gasteiger partial charge in [-0.3, -0.25) is 4.79 Å². The molecule has 0 aliphatic heterocycles. The number of rotatable bonds is 4. The molecule has 0 spiro atoms. The van der Waals surface area contributed by atoms with Crippen LogP contribution in [0.25, 0.3) is 0 Å². The molecule has 4 nitrogen and oxygen atoms in total. The molecule has 7 heteroatoms. The highest BCUT2D eigenvalue weighted by Gasteiger charge is 2.29. The fourth-order valence-electron chi connectivity index (χ4n) is 2.73. The summed E-state index contributed by atoms with van der Waals surface area (Å²) in [6, 6.07) is 2.79. The van der Waals surface area contributed by atoms with Crippen LogP contribution in [0.15, 0.2) is 18.3 Å². The second-order valence-corrected chi connectivity index (χ2v) is 5.53. The Morgan fingerprint density at radius 3 is 2.86 bits per heavy atom. The third kappa shape index (κ3) is 4.77. The summed E-state index contributed by atoms with van der Waals surface area (Å²) in [6.07, 6.45) is -0.223. The lowest BCUT2D eigenvalue weighted by molar-refractivity contribution is -0.140. The quantitative estimate of drug-likeness (QED) is 0.897. The summed E-state index contributed by atoms with van der Waals surface area (Å²) >= 11 is 0. The van der Waals surface area contributed by atoms with Gasteiger partial charge in [0.15, 0.2) is 0 Å². The lowest BCUT2D eigenvalue weighted by atomic mass is 9.87. The standard InChI is InChI=1S/C14H19F3N2O2/c15-14(16,17)9-19-6-2-5-12(19)13(21)18-8-10-3-1-4-11(20)7-10/h2,5-6,10-11,20H,1,3-4,7-9H2,(H,18,21). The molecule has 2 unspecified atom stereocenters. The molecule has 2 rings (SSSR count). The zero-order valence-corrected chi connectivity index (χ0v) is 11.6. The molecule has 1 aromatic rings. The van der Waals surface area contributed by atoms with Gasteiger partial charge in [0.25, 0.3) is 5.91 Å². The van der Waals surface area contributed by atoms with Crippen LogP contribution in [0.4, 0.5) is 13.2 Å². The summed E-state index contributed by atoms with van der Waals surface area (Å²) in [6.45, 7) is -0.794. The third-order valence-corrected chi connectivity index (χ3v) is 3.72. The average molecular weight is 304 g/mol. The van der Waals surface area contributed by atoms with Gasteiger partial charge in [0.2, 0.25) is 0 Å². The highest BCUT2D eigenvalue weighted by molar-refractivity contribution is 5.92. The fourth-order valence-corrected chi connectivity index (χ4v) is 2.73. The predicted octanol–water partition coefficient (Wildman–Crippen LogP) is 2.33. The molecule has 21 heavy (non-hydrogen) atoms. The van der Waals surface area contributed by atoms with Gasteiger partial charge in [-0.25, -0.2) is 0 Å². The fraction of sp³-hybridized carbons (Fsp3) is 0.643. The normalized spacial score (nSPS) is 23.0. The number of hydrogen-bond donors (Lipinski definition) is 2. The van der Waals surface area contributed by atoms with E-state index in [1.165, 1.54) is 18.3 Å². The molecule has 2 atom stereocenters. The second kappa shape index (κ2) is 6.51. The van der Waals surface area contributed by atoms with Gasteiger partial charge in [0, 0.05) is 12.7 Å². The lowest BCUT2D eigenvalue weighted by Gasteiger charge is -2.26. The van der Waals surface area contributed by atoms with E-state index in [-0.39, 0.29) is 17.7 Å². The zero-order valence-electron chi connectivity index (χ0n) is 11.6. The number of carbonyl (C=O) groups is 1. The Balaban J connectivity index is 1.90. The number of carbonyl (C=O) groups excluding carboxylic acids is 1. The van der Waals surface area contributed by atoms with E-state index >= 15 is 0 Å². The summed E-state index contributed by atoms with van der Waals surface area (Å²) in [4.78, 5) is 12.0. The van der Waals surface area contributed by atoms with Crippen molar-refractivity contribution in [2.24, 2.45) is 5.92 Å². The molecule has 0 saturated heterocycles. The van der Waals surface area contributed by atoms with E-state index in [4.69, 9.17) is 0 Å². The number of alkyl halides is 3. The largest absolute Gasteiger partial charge is 0.406 e. The maximum absolute atomic E-state index is 12.4. The van der Waals surface area contributed by atoms with Crippen molar-refractivity contribution in [1.82, 2.24) is 9.88 Å². The Labute approximate surface area is 120 Å². The van der Waals surface area contributed by atoms with Gasteiger partial charge in [0.1, 0.15) is 12.2 Å². The first kappa shape index (κ1) is 15.9. The summed E-state index contributed by atoms with van der Waals surface area (Å²) in [5, 5.41) is 12.2. The molecule has 1 amide bonds. The topological polar surface area (TPSA) is 54.3 Å². The second-order valence-electron chi connectivity index (χ2n) is 5.53. The van der Waals surface area contributed by atoms with Crippen molar-refractivity contribution in [3.8, 4) is 0 Å². The van der Waals surface area contributed by atoms with Crippen molar-refractivity contribution in [2.45, 2.75) is 44.5 Å². The molecule has 0 bridgehead atoms. The minimum Gasteiger partial charge on any atom is -0.393 e. The van der Waals surface area contributed by atoms with E-state index in [1.54, 1.807) is 0 Å². The van der Waals surface area contributed by atoms with Crippen LogP contribution in [-0.2, 0) is 6.54 Å². The minimum atomic E-state index is -4.36. The Morgan fingerprint density at radius 2 is 2.19 bits per heavy atom. The maximum Gasteiger partial charge on any atom is 0.406 e. The molecule has 1 heterocycles. The van der Waals surface area contributed by atoms with Gasteiger partial charge in [-0.2, -0.15) is 13.2 Å². The maximum atomic E-state index is 12.4. The van der Waals surface area contributed by atoms with Gasteiger partial charge in [0.05, 0.1) is 6.10 Å². The third-order valence-electron chi connectivity index (χ3n) is 3.72. The number of aliphatic hydroxyl groups excluding tert-OH is 1. The molecule has 1 aliphatic carbocycles. The smallest absolute Gasteiger partial charge is 0.393 e. The van der Waals surface area contributed by atoms with Crippen molar-refractivity contribution >= 4 is 5.91 Å². The Hall–Kier alpha value is -1.50. The molecule has 1 aromatic heterocycles. The van der Waals surface area contributed by atoms with Crippen molar-refractivity contribution in [1.29, 1.82) is 0 Å². The van der Waals surface area contributed by atoms with Crippen LogP contribution in [-0.4, -0.2) is 34.4 Å². The average Bonchev–Trinajstić information content (AvgIpc) is 2.82. The molecule has 1 fully saturated rings. The number of aliphatic hydroxyl groups is 1. The molecular weight excluding hydrogens is 285 g/mol. The number of aromatic nitrogens is 1. The van der Waals surface area contributed by atoms with Crippen molar-refractivity contribution < 1.29 is 23.1 Å². The van der Waals surface area contributed by atoms with Crippen molar-refractivity contribution in [2.75, 3.05) is 6.54 Å². The monoisotopic (exact) mass is 304 g/mol. The van der Waals surface area contributed by atoms with Crippen LogP contribution in [0.1, 0.15) is 36.2 Å². The van der Waals surface area contributed by atoms with Crippen LogP contribution >= 0.6 is 0 Å². The van der Waals surface area contributed by atoms with Crippen molar-refractivity contribution in [3.05, 3.63) is 24.0 Å². The Morgan fingerprint density at radius 1 is 1.43 bits per heavy atom. The predicted molar refractivity (Wildman–Crippen MR) is 70.8 cm³/mol. The van der Waals surface area contributed by atoms with Crippen LogP contribution in [0.5, 0.6) is 0 Å². The first-order valence-electron chi connectivity index (χ1n) is 7.03. The SMILES string of the molecule is O=C(NCC1CCCC(O)C1)c1cccn1CC(F)(F)F. The van der Waals surface area contributed by atoms with Crippen LogP contribution in [0.2, 0.25) is 0 Å². The first-order valence-corrected chi connectivity index (χ1v) is 7.03. The van der Waals surface area contributed by atoms with Crippen LogP contribution in [0.3, 0.4) is 0 Å². The summed E-state index contributed by atoms with van der Waals surface area (Å²) in [5.41, 5.74) is 0.00341. The van der Waals surface area contributed by atoms with E-state index in [1.807, 2.05) is 0 Å². The van der Waals surface area contributed by atoms with Crippen molar-refractivity contribution in [3.63, 3.8) is 0 Å². The van der Waals surface area contributed by atoms with Gasteiger partial charge in [-0.15, -0.1) is 0 Å². The molecular formula is C14H19F3N2O2. The van der Waals surface area contributed by atoms with E-state index in [2.05, 4.69) is 5.32 Å². The van der Waals surface area contributed by atoms with Gasteiger partial charge in [-0.1, -0.05) is 6.42 Å². The highest BCUT2D eigenvalue weighted by Crippen LogP contribution is 2.23. The Bertz CT molecular complexity index is 485. The molecule has 1 aliphatic rings. The van der Waals surface area contributed by atoms with Crippen LogP contribution < -0.4 is 5.32 Å². The summed E-state index contributed by atoms with van der Waals surface area (Å²) in [5.74, 6) is -0.326. The molecule has 0 radical (unpaired) electrons. The van der Waals surface area contributed by atoms with E-state index in [0.29, 0.717) is 13.0 Å². The lowest BCUT2D eigenvalue weighted by Crippen LogP contribution is -2.34. The highest BCUT2D eigenvalue weighted by atomic mass is 19.4. The number of nitrogens with one attached hydrogen (secondary N) is 1. The number of nitrogens with zero attached hydrogens (tertiary/aromatic N) is 1. The molecule has 2 N–H and O–H groups in total. The number of hydrogen-bond acceptors (Lipinski definition) is 2. The van der Waals surface area contributed by atoms with Gasteiger partial charge >= 0.3 is 6.18 Å².